The molecule has 0 aliphatic carbocycles. The number of anilines is 3. The predicted molar refractivity (Wildman–Crippen MR) is 147 cm³/mol. The van der Waals surface area contributed by atoms with Crippen molar-refractivity contribution in [3.8, 4) is 11.3 Å². The van der Waals surface area contributed by atoms with Crippen LogP contribution in [-0.2, 0) is 11.3 Å². The summed E-state index contributed by atoms with van der Waals surface area (Å²) in [6.45, 7) is 10.8. The lowest BCUT2D eigenvalue weighted by Crippen LogP contribution is -2.35. The summed E-state index contributed by atoms with van der Waals surface area (Å²) in [6.07, 6.45) is 5.54. The SMILES string of the molecule is CC.CN(CCCN(C)c1ccc(-c2ccnc(Nc3ccnc(CO)c3)n2)cn1)C(=O)OC(C)(C)C. The van der Waals surface area contributed by atoms with Crippen LogP contribution in [0.1, 0.15) is 46.7 Å². The van der Waals surface area contributed by atoms with Crippen LogP contribution in [0.25, 0.3) is 11.3 Å². The molecule has 0 aromatic carbocycles. The van der Waals surface area contributed by atoms with Gasteiger partial charge in [0.05, 0.1) is 18.0 Å². The molecule has 10 heteroatoms. The number of hydrogen-bond donors (Lipinski definition) is 2. The molecule has 37 heavy (non-hydrogen) atoms. The maximum Gasteiger partial charge on any atom is 0.410 e. The number of carbonyl (C=O) groups excluding carboxylic acids is 1. The van der Waals surface area contributed by atoms with Crippen molar-refractivity contribution in [2.75, 3.05) is 37.4 Å². The Kier molecular flexibility index (Phi) is 11.2. The maximum absolute atomic E-state index is 12.1. The number of hydrogen-bond acceptors (Lipinski definition) is 9. The summed E-state index contributed by atoms with van der Waals surface area (Å²) in [5, 5.41) is 12.4. The second-order valence-electron chi connectivity index (χ2n) is 9.17. The molecule has 0 saturated heterocycles. The third-order valence-electron chi connectivity index (χ3n) is 5.02. The third kappa shape index (κ3) is 9.64. The molecule has 0 unspecified atom stereocenters. The smallest absolute Gasteiger partial charge is 0.410 e. The highest BCUT2D eigenvalue weighted by molar-refractivity contribution is 5.67. The molecule has 0 spiro atoms. The van der Waals surface area contributed by atoms with Crippen molar-refractivity contribution in [2.45, 2.75) is 53.2 Å². The standard InChI is InChI=1S/C25H33N7O3.C2H6/c1-25(2,3)35-24(34)32(5)14-6-13-31(4)22-8-7-18(16-28-22)21-10-12-27-23(30-21)29-19-9-11-26-20(15-19)17-33;1-2/h7-12,15-16,33H,6,13-14,17H2,1-5H3,(H,26,27,29,30);1-2H3. The zero-order valence-corrected chi connectivity index (χ0v) is 22.9. The van der Waals surface area contributed by atoms with Crippen LogP contribution in [0, 0.1) is 0 Å². The van der Waals surface area contributed by atoms with Gasteiger partial charge in [0.25, 0.3) is 0 Å². The highest BCUT2D eigenvalue weighted by Crippen LogP contribution is 2.21. The van der Waals surface area contributed by atoms with Crippen LogP contribution in [0.5, 0.6) is 0 Å². The van der Waals surface area contributed by atoms with Crippen LogP contribution in [0.3, 0.4) is 0 Å². The Morgan fingerprint density at radius 1 is 1.03 bits per heavy atom. The second kappa shape index (κ2) is 14.1. The first-order valence-corrected chi connectivity index (χ1v) is 12.4. The van der Waals surface area contributed by atoms with Crippen molar-refractivity contribution in [1.82, 2.24) is 24.8 Å². The lowest BCUT2D eigenvalue weighted by atomic mass is 10.2. The quantitative estimate of drug-likeness (QED) is 0.416. The Bertz CT molecular complexity index is 1120. The molecule has 0 atom stereocenters. The van der Waals surface area contributed by atoms with Crippen molar-refractivity contribution in [2.24, 2.45) is 0 Å². The summed E-state index contributed by atoms with van der Waals surface area (Å²) < 4.78 is 5.38. The number of aliphatic hydroxyl groups is 1. The normalized spacial score (nSPS) is 10.7. The molecule has 2 N–H and O–H groups in total. The summed E-state index contributed by atoms with van der Waals surface area (Å²) in [5.41, 5.74) is 2.40. The Hall–Kier alpha value is -3.79. The highest BCUT2D eigenvalue weighted by Gasteiger charge is 2.19. The molecule has 3 aromatic heterocycles. The number of rotatable bonds is 9. The monoisotopic (exact) mass is 509 g/mol. The first-order chi connectivity index (χ1) is 17.6. The number of pyridine rings is 2. The summed E-state index contributed by atoms with van der Waals surface area (Å²) >= 11 is 0. The van der Waals surface area contributed by atoms with E-state index in [0.29, 0.717) is 18.2 Å². The van der Waals surface area contributed by atoms with Gasteiger partial charge in [0.15, 0.2) is 0 Å². The molecule has 1 amide bonds. The predicted octanol–water partition coefficient (Wildman–Crippen LogP) is 4.89. The van der Waals surface area contributed by atoms with E-state index in [0.717, 1.165) is 35.7 Å². The number of aromatic nitrogens is 4. The fourth-order valence-corrected chi connectivity index (χ4v) is 3.21. The van der Waals surface area contributed by atoms with E-state index >= 15 is 0 Å². The summed E-state index contributed by atoms with van der Waals surface area (Å²) in [7, 11) is 3.71. The molecule has 0 saturated carbocycles. The Morgan fingerprint density at radius 2 is 1.76 bits per heavy atom. The number of nitrogens with one attached hydrogen (secondary N) is 1. The van der Waals surface area contributed by atoms with Crippen molar-refractivity contribution < 1.29 is 14.6 Å². The van der Waals surface area contributed by atoms with Gasteiger partial charge in [0.2, 0.25) is 5.95 Å². The highest BCUT2D eigenvalue weighted by atomic mass is 16.6. The van der Waals surface area contributed by atoms with Gasteiger partial charge < -0.3 is 25.0 Å². The van der Waals surface area contributed by atoms with Gasteiger partial charge in [-0.2, -0.15) is 0 Å². The van der Waals surface area contributed by atoms with Gasteiger partial charge in [-0.15, -0.1) is 0 Å². The van der Waals surface area contributed by atoms with Crippen LogP contribution in [0.4, 0.5) is 22.2 Å². The maximum atomic E-state index is 12.1. The Morgan fingerprint density at radius 3 is 2.41 bits per heavy atom. The number of amides is 1. The van der Waals surface area contributed by atoms with Crippen LogP contribution < -0.4 is 10.2 Å². The van der Waals surface area contributed by atoms with Gasteiger partial charge in [0.1, 0.15) is 11.4 Å². The average Bonchev–Trinajstić information content (AvgIpc) is 2.89. The van der Waals surface area contributed by atoms with E-state index in [9.17, 15) is 9.90 Å². The van der Waals surface area contributed by atoms with Gasteiger partial charge in [-0.1, -0.05) is 13.8 Å². The van der Waals surface area contributed by atoms with Gasteiger partial charge >= 0.3 is 6.09 Å². The molecule has 3 heterocycles. The summed E-state index contributed by atoms with van der Waals surface area (Å²) in [6, 6.07) is 9.26. The Balaban J connectivity index is 0.00000235. The topological polar surface area (TPSA) is 117 Å². The summed E-state index contributed by atoms with van der Waals surface area (Å²) in [4.78, 5) is 33.2. The molecule has 3 rings (SSSR count). The van der Waals surface area contributed by atoms with Crippen molar-refractivity contribution >= 4 is 23.5 Å². The van der Waals surface area contributed by atoms with E-state index in [1.807, 2.05) is 64.8 Å². The fourth-order valence-electron chi connectivity index (χ4n) is 3.21. The lowest BCUT2D eigenvalue weighted by molar-refractivity contribution is 0.0298. The van der Waals surface area contributed by atoms with E-state index in [-0.39, 0.29) is 12.7 Å². The molecule has 3 aromatic rings. The van der Waals surface area contributed by atoms with E-state index in [1.54, 1.807) is 42.7 Å². The van der Waals surface area contributed by atoms with Gasteiger partial charge in [-0.05, 0) is 57.5 Å². The van der Waals surface area contributed by atoms with Crippen molar-refractivity contribution in [3.05, 3.63) is 54.6 Å². The molecule has 10 nitrogen and oxygen atoms in total. The van der Waals surface area contributed by atoms with E-state index in [1.165, 1.54) is 0 Å². The minimum Gasteiger partial charge on any atom is -0.444 e. The zero-order chi connectivity index (χ0) is 27.4. The lowest BCUT2D eigenvalue weighted by Gasteiger charge is -2.25. The number of aliphatic hydroxyl groups excluding tert-OH is 1. The first-order valence-electron chi connectivity index (χ1n) is 12.4. The van der Waals surface area contributed by atoms with E-state index in [4.69, 9.17) is 4.74 Å². The largest absolute Gasteiger partial charge is 0.444 e. The van der Waals surface area contributed by atoms with Crippen LogP contribution in [0.2, 0.25) is 0 Å². The van der Waals surface area contributed by atoms with Crippen molar-refractivity contribution in [3.63, 3.8) is 0 Å². The van der Waals surface area contributed by atoms with Crippen molar-refractivity contribution in [1.29, 1.82) is 0 Å². The average molecular weight is 510 g/mol. The molecule has 0 fully saturated rings. The minimum atomic E-state index is -0.503. The van der Waals surface area contributed by atoms with Gasteiger partial charge in [0, 0.05) is 57.0 Å². The molecule has 0 bridgehead atoms. The molecule has 0 aliphatic rings. The van der Waals surface area contributed by atoms with Gasteiger partial charge in [-0.3, -0.25) is 4.98 Å². The zero-order valence-electron chi connectivity index (χ0n) is 22.9. The number of ether oxygens (including phenoxy) is 1. The molecular weight excluding hydrogens is 470 g/mol. The molecule has 200 valence electrons. The minimum absolute atomic E-state index is 0.136. The first kappa shape index (κ1) is 29.4. The Labute approximate surface area is 219 Å². The van der Waals surface area contributed by atoms with Gasteiger partial charge in [-0.25, -0.2) is 19.7 Å². The van der Waals surface area contributed by atoms with E-state index < -0.39 is 5.60 Å². The molecule has 0 radical (unpaired) electrons. The van der Waals surface area contributed by atoms with Crippen LogP contribution in [-0.4, -0.2) is 68.8 Å². The number of nitrogens with zero attached hydrogens (tertiary/aromatic N) is 6. The number of carbonyl (C=O) groups is 1. The fraction of sp³-hybridized carbons (Fsp3) is 0.444. The molecular formula is C27H39N7O3. The van der Waals surface area contributed by atoms with Crippen LogP contribution in [0.15, 0.2) is 48.9 Å². The second-order valence-corrected chi connectivity index (χ2v) is 9.17. The summed E-state index contributed by atoms with van der Waals surface area (Å²) in [5.74, 6) is 1.27. The third-order valence-corrected chi connectivity index (χ3v) is 5.02. The molecule has 0 aliphatic heterocycles. The van der Waals surface area contributed by atoms with E-state index in [2.05, 4.69) is 25.3 Å². The van der Waals surface area contributed by atoms with Crippen LogP contribution >= 0.6 is 0 Å².